The second kappa shape index (κ2) is 5.21. The predicted molar refractivity (Wildman–Crippen MR) is 68.8 cm³/mol. The summed E-state index contributed by atoms with van der Waals surface area (Å²) in [4.78, 5) is 26.2. The molecule has 1 heterocycles. The van der Waals surface area contributed by atoms with Crippen LogP contribution in [0.3, 0.4) is 0 Å². The van der Waals surface area contributed by atoms with E-state index in [9.17, 15) is 9.59 Å². The molecule has 1 atom stereocenters. The third-order valence-electron chi connectivity index (χ3n) is 3.22. The van der Waals surface area contributed by atoms with Crippen LogP contribution in [-0.2, 0) is 9.53 Å². The van der Waals surface area contributed by atoms with Crippen LogP contribution < -0.4 is 4.90 Å². The van der Waals surface area contributed by atoms with Gasteiger partial charge in [-0.2, -0.15) is 0 Å². The molecule has 0 saturated carbocycles. The molecule has 0 unspecified atom stereocenters. The van der Waals surface area contributed by atoms with Crippen LogP contribution in [0.1, 0.15) is 23.7 Å². The van der Waals surface area contributed by atoms with Crippen molar-refractivity contribution in [3.8, 4) is 0 Å². The second-order valence-corrected chi connectivity index (χ2v) is 4.40. The number of carbonyl (C=O) groups excluding carboxylic acids is 2. The third kappa shape index (κ3) is 2.23. The van der Waals surface area contributed by atoms with Gasteiger partial charge in [0.2, 0.25) is 0 Å². The van der Waals surface area contributed by atoms with E-state index in [0.717, 1.165) is 5.69 Å². The van der Waals surface area contributed by atoms with Gasteiger partial charge in [-0.15, -0.1) is 0 Å². The summed E-state index contributed by atoms with van der Waals surface area (Å²) in [5.41, 5.74) is 1.49. The number of fused-ring (bicyclic) bond motifs is 1. The molecule has 0 N–H and O–H groups in total. The number of rotatable bonds is 2. The topological polar surface area (TPSA) is 46.6 Å². The van der Waals surface area contributed by atoms with Crippen LogP contribution in [0.4, 0.5) is 5.69 Å². The third-order valence-corrected chi connectivity index (χ3v) is 3.22. The van der Waals surface area contributed by atoms with Gasteiger partial charge in [0, 0.05) is 24.8 Å². The fraction of sp³-hybridized carbons (Fsp3) is 0.429. The zero-order chi connectivity index (χ0) is 13.1. The van der Waals surface area contributed by atoms with Gasteiger partial charge >= 0.3 is 5.97 Å². The quantitative estimate of drug-likeness (QED) is 0.591. The van der Waals surface area contributed by atoms with Crippen LogP contribution in [0, 0.1) is 5.92 Å². The zero-order valence-electron chi connectivity index (χ0n) is 10.7. The summed E-state index contributed by atoms with van der Waals surface area (Å²) in [6.07, 6.45) is 0.503. The Labute approximate surface area is 107 Å². The highest BCUT2D eigenvalue weighted by Gasteiger charge is 2.33. The first-order valence-electron chi connectivity index (χ1n) is 6.16. The van der Waals surface area contributed by atoms with Crippen molar-refractivity contribution in [2.75, 3.05) is 25.1 Å². The highest BCUT2D eigenvalue weighted by molar-refractivity contribution is 6.12. The van der Waals surface area contributed by atoms with E-state index in [-0.39, 0.29) is 5.78 Å². The van der Waals surface area contributed by atoms with Crippen molar-refractivity contribution in [1.82, 2.24) is 0 Å². The first-order chi connectivity index (χ1) is 8.65. The molecule has 0 radical (unpaired) electrons. The summed E-state index contributed by atoms with van der Waals surface area (Å²) in [6.45, 7) is 2.73. The molecule has 4 nitrogen and oxygen atoms in total. The van der Waals surface area contributed by atoms with E-state index in [1.807, 2.05) is 30.1 Å². The minimum atomic E-state index is -0.670. The number of hydrogen-bond donors (Lipinski definition) is 0. The molecule has 0 saturated heterocycles. The second-order valence-electron chi connectivity index (χ2n) is 4.40. The molecular formula is C14H17NO3. The molecule has 96 valence electrons. The maximum atomic E-state index is 12.4. The first kappa shape index (κ1) is 12.6. The average Bonchev–Trinajstić information content (AvgIpc) is 2.50. The molecule has 0 aromatic heterocycles. The number of anilines is 1. The molecule has 18 heavy (non-hydrogen) atoms. The number of Topliss-reactive ketones (excluding diaryl/α,β-unsaturated/α-hetero) is 1. The number of esters is 1. The molecule has 1 aromatic rings. The Bertz CT molecular complexity index is 470. The minimum Gasteiger partial charge on any atom is -0.465 e. The lowest BCUT2D eigenvalue weighted by Gasteiger charge is -2.17. The first-order valence-corrected chi connectivity index (χ1v) is 6.16. The highest BCUT2D eigenvalue weighted by atomic mass is 16.5. The number of ketones is 1. The zero-order valence-corrected chi connectivity index (χ0v) is 10.7. The van der Waals surface area contributed by atoms with Gasteiger partial charge in [-0.1, -0.05) is 12.1 Å². The van der Waals surface area contributed by atoms with Gasteiger partial charge in [0.25, 0.3) is 0 Å². The fourth-order valence-corrected chi connectivity index (χ4v) is 2.24. The normalized spacial score (nSPS) is 19.1. The Morgan fingerprint density at radius 2 is 2.17 bits per heavy atom. The molecule has 0 amide bonds. The number of benzene rings is 1. The monoisotopic (exact) mass is 247 g/mol. The van der Waals surface area contributed by atoms with Gasteiger partial charge in [0.15, 0.2) is 5.78 Å². The van der Waals surface area contributed by atoms with E-state index in [2.05, 4.69) is 0 Å². The largest absolute Gasteiger partial charge is 0.465 e. The van der Waals surface area contributed by atoms with Gasteiger partial charge < -0.3 is 9.64 Å². The van der Waals surface area contributed by atoms with E-state index < -0.39 is 11.9 Å². The van der Waals surface area contributed by atoms with Crippen LogP contribution >= 0.6 is 0 Å². The fourth-order valence-electron chi connectivity index (χ4n) is 2.24. The maximum Gasteiger partial charge on any atom is 0.316 e. The Morgan fingerprint density at radius 1 is 1.44 bits per heavy atom. The van der Waals surface area contributed by atoms with Crippen molar-refractivity contribution in [2.45, 2.75) is 13.3 Å². The summed E-state index contributed by atoms with van der Waals surface area (Å²) < 4.78 is 4.98. The van der Waals surface area contributed by atoms with Crippen molar-refractivity contribution < 1.29 is 14.3 Å². The average molecular weight is 247 g/mol. The standard InChI is InChI=1S/C14H17NO3/c1-3-18-14(17)11-8-9-15(2)12-7-5-4-6-10(12)13(11)16/h4-7,11H,3,8-9H2,1-2H3/t11-/m1/s1. The highest BCUT2D eigenvalue weighted by Crippen LogP contribution is 2.28. The number of carbonyl (C=O) groups is 2. The van der Waals surface area contributed by atoms with E-state index in [1.165, 1.54) is 0 Å². The summed E-state index contributed by atoms with van der Waals surface area (Å²) in [6, 6.07) is 7.39. The van der Waals surface area contributed by atoms with Crippen LogP contribution in [0.25, 0.3) is 0 Å². The number of nitrogens with zero attached hydrogens (tertiary/aromatic N) is 1. The van der Waals surface area contributed by atoms with Crippen molar-refractivity contribution in [1.29, 1.82) is 0 Å². The molecule has 2 rings (SSSR count). The van der Waals surface area contributed by atoms with Crippen LogP contribution in [0.15, 0.2) is 24.3 Å². The molecule has 0 fully saturated rings. The number of para-hydroxylation sites is 1. The van der Waals surface area contributed by atoms with E-state index in [0.29, 0.717) is 25.1 Å². The van der Waals surface area contributed by atoms with E-state index in [1.54, 1.807) is 13.0 Å². The Morgan fingerprint density at radius 3 is 2.89 bits per heavy atom. The number of ether oxygens (including phenoxy) is 1. The maximum absolute atomic E-state index is 12.4. The van der Waals surface area contributed by atoms with Crippen molar-refractivity contribution in [3.05, 3.63) is 29.8 Å². The van der Waals surface area contributed by atoms with E-state index >= 15 is 0 Å². The molecule has 4 heteroatoms. The molecule has 0 bridgehead atoms. The van der Waals surface area contributed by atoms with Crippen molar-refractivity contribution >= 4 is 17.4 Å². The Hall–Kier alpha value is -1.84. The molecule has 1 aliphatic heterocycles. The van der Waals surface area contributed by atoms with Crippen LogP contribution in [0.5, 0.6) is 0 Å². The SMILES string of the molecule is CCOC(=O)[C@@H]1CCN(C)c2ccccc2C1=O. The van der Waals surface area contributed by atoms with Crippen LogP contribution in [-0.4, -0.2) is 32.0 Å². The molecule has 1 aromatic carbocycles. The van der Waals surface area contributed by atoms with Gasteiger partial charge in [-0.3, -0.25) is 9.59 Å². The number of hydrogen-bond acceptors (Lipinski definition) is 4. The lowest BCUT2D eigenvalue weighted by molar-refractivity contribution is -0.146. The lowest BCUT2D eigenvalue weighted by Crippen LogP contribution is -2.27. The summed E-state index contributed by atoms with van der Waals surface area (Å²) in [5, 5.41) is 0. The summed E-state index contributed by atoms with van der Waals surface area (Å²) in [5.74, 6) is -1.21. The summed E-state index contributed by atoms with van der Waals surface area (Å²) >= 11 is 0. The van der Waals surface area contributed by atoms with Gasteiger partial charge in [-0.05, 0) is 25.5 Å². The van der Waals surface area contributed by atoms with Gasteiger partial charge in [-0.25, -0.2) is 0 Å². The van der Waals surface area contributed by atoms with E-state index in [4.69, 9.17) is 4.74 Å². The predicted octanol–water partition coefficient (Wildman–Crippen LogP) is 1.89. The Kier molecular flexibility index (Phi) is 3.65. The minimum absolute atomic E-state index is 0.131. The Balaban J connectivity index is 2.35. The molecule has 0 spiro atoms. The lowest BCUT2D eigenvalue weighted by atomic mass is 9.95. The summed E-state index contributed by atoms with van der Waals surface area (Å²) in [7, 11) is 1.93. The smallest absolute Gasteiger partial charge is 0.316 e. The van der Waals surface area contributed by atoms with Gasteiger partial charge in [0.1, 0.15) is 5.92 Å². The molecular weight excluding hydrogens is 230 g/mol. The molecule has 0 aliphatic carbocycles. The molecule has 1 aliphatic rings. The van der Waals surface area contributed by atoms with Crippen LogP contribution in [0.2, 0.25) is 0 Å². The van der Waals surface area contributed by atoms with Crippen molar-refractivity contribution in [2.24, 2.45) is 5.92 Å². The van der Waals surface area contributed by atoms with Gasteiger partial charge in [0.05, 0.1) is 6.61 Å². The van der Waals surface area contributed by atoms with Crippen molar-refractivity contribution in [3.63, 3.8) is 0 Å².